The van der Waals surface area contributed by atoms with Crippen molar-refractivity contribution in [3.05, 3.63) is 66.1 Å². The summed E-state index contributed by atoms with van der Waals surface area (Å²) in [4.78, 5) is 5.75. The van der Waals surface area contributed by atoms with Crippen molar-refractivity contribution in [2.75, 3.05) is 35.4 Å². The van der Waals surface area contributed by atoms with Crippen molar-refractivity contribution in [1.29, 1.82) is 0 Å². The molecule has 3 heterocycles. The molecule has 3 aromatic rings. The van der Waals surface area contributed by atoms with Crippen molar-refractivity contribution in [2.24, 2.45) is 0 Å². The maximum absolute atomic E-state index is 14.2. The monoisotopic (exact) mass is 558 g/mol. The minimum absolute atomic E-state index is 0.0682. The molecular formula is C24H20F6N4O3S. The number of fused-ring (bicyclic) bond motifs is 3. The fraction of sp³-hybridized carbons (Fsp3) is 0.292. The van der Waals surface area contributed by atoms with Crippen LogP contribution in [0.4, 0.5) is 37.8 Å². The molecule has 1 atom stereocenters. The van der Waals surface area contributed by atoms with Crippen LogP contribution in [0.1, 0.15) is 5.56 Å². The van der Waals surface area contributed by atoms with Gasteiger partial charge in [0.1, 0.15) is 11.6 Å². The number of nitrogens with zero attached hydrogens (tertiary/aromatic N) is 3. The highest BCUT2D eigenvalue weighted by molar-refractivity contribution is 7.92. The van der Waals surface area contributed by atoms with Gasteiger partial charge in [-0.2, -0.15) is 22.0 Å². The summed E-state index contributed by atoms with van der Waals surface area (Å²) in [6.45, 7) is -1.78. The molecule has 2 aromatic carbocycles. The molecular weight excluding hydrogens is 538 g/mol. The first-order chi connectivity index (χ1) is 17.9. The molecule has 38 heavy (non-hydrogen) atoms. The number of hydrogen-bond acceptors (Lipinski definition) is 6. The van der Waals surface area contributed by atoms with Crippen molar-refractivity contribution >= 4 is 21.5 Å². The molecule has 0 saturated carbocycles. The van der Waals surface area contributed by atoms with E-state index >= 15 is 0 Å². The summed E-state index contributed by atoms with van der Waals surface area (Å²) in [5, 5.41) is 3.16. The van der Waals surface area contributed by atoms with Gasteiger partial charge in [0.05, 0.1) is 28.7 Å². The number of anilines is 2. The van der Waals surface area contributed by atoms with Gasteiger partial charge in [-0.05, 0) is 42.0 Å². The Bertz CT molecular complexity index is 1470. The van der Waals surface area contributed by atoms with Gasteiger partial charge in [-0.25, -0.2) is 17.8 Å². The second-order valence-electron chi connectivity index (χ2n) is 8.73. The molecule has 7 nitrogen and oxygen atoms in total. The van der Waals surface area contributed by atoms with E-state index < -0.39 is 44.8 Å². The van der Waals surface area contributed by atoms with E-state index in [0.717, 1.165) is 40.7 Å². The largest absolute Gasteiger partial charge is 0.435 e. The minimum atomic E-state index is -4.75. The zero-order chi connectivity index (χ0) is 27.2. The van der Waals surface area contributed by atoms with Gasteiger partial charge in [-0.1, -0.05) is 6.07 Å². The maximum atomic E-state index is 14.2. The number of aromatic nitrogens is 1. The molecule has 14 heteroatoms. The maximum Gasteiger partial charge on any atom is 0.416 e. The lowest BCUT2D eigenvalue weighted by atomic mass is 10.0. The Labute approximate surface area is 213 Å². The lowest BCUT2D eigenvalue weighted by Crippen LogP contribution is -2.60. The molecule has 0 aliphatic carbocycles. The molecule has 0 spiro atoms. The van der Waals surface area contributed by atoms with Crippen LogP contribution < -0.4 is 19.3 Å². The number of benzene rings is 2. The Balaban J connectivity index is 1.63. The zero-order valence-electron chi connectivity index (χ0n) is 19.4. The van der Waals surface area contributed by atoms with Crippen molar-refractivity contribution in [3.8, 4) is 16.9 Å². The van der Waals surface area contributed by atoms with E-state index in [9.17, 15) is 34.8 Å². The first-order valence-corrected chi connectivity index (χ1v) is 12.8. The molecule has 0 bridgehead atoms. The van der Waals surface area contributed by atoms with Crippen LogP contribution in [0.2, 0.25) is 0 Å². The van der Waals surface area contributed by atoms with Crippen molar-refractivity contribution in [3.63, 3.8) is 0 Å². The van der Waals surface area contributed by atoms with E-state index in [1.165, 1.54) is 12.3 Å². The van der Waals surface area contributed by atoms with Crippen LogP contribution in [0, 0.1) is 5.82 Å². The number of halogens is 6. The number of nitrogens with one attached hydrogen (secondary N) is 1. The van der Waals surface area contributed by atoms with Crippen LogP contribution in [-0.2, 0) is 16.2 Å². The van der Waals surface area contributed by atoms with Crippen molar-refractivity contribution in [1.82, 2.24) is 10.3 Å². The standard InChI is InChI=1S/C24H20F6N4O3S/c25-17-6-14(7-19(10-17)37-23(26)27)15-8-21-22(32-11-15)33-5-4-31-12-18(33)13-34(21)38(35,36)20-3-1-2-16(9-20)24(28,29)30/h1-3,6-11,18,23,31H,4-5,12-13H2/t18-/m1/s1. The average Bonchev–Trinajstić information content (AvgIpc) is 2.86. The molecule has 1 N–H and O–H groups in total. The van der Waals surface area contributed by atoms with E-state index in [1.54, 1.807) is 0 Å². The summed E-state index contributed by atoms with van der Waals surface area (Å²) in [6.07, 6.45) is -3.40. The molecule has 1 fully saturated rings. The highest BCUT2D eigenvalue weighted by Gasteiger charge is 2.40. The zero-order valence-corrected chi connectivity index (χ0v) is 20.2. The highest BCUT2D eigenvalue weighted by atomic mass is 32.2. The first-order valence-electron chi connectivity index (χ1n) is 11.4. The van der Waals surface area contributed by atoms with Crippen LogP contribution in [0.5, 0.6) is 5.75 Å². The number of pyridine rings is 1. The molecule has 0 radical (unpaired) electrons. The van der Waals surface area contributed by atoms with Gasteiger partial charge in [-0.15, -0.1) is 0 Å². The van der Waals surface area contributed by atoms with Gasteiger partial charge >= 0.3 is 12.8 Å². The smallest absolute Gasteiger partial charge is 0.416 e. The minimum Gasteiger partial charge on any atom is -0.435 e. The molecule has 0 amide bonds. The molecule has 0 unspecified atom stereocenters. The highest BCUT2D eigenvalue weighted by Crippen LogP contribution is 2.41. The Morgan fingerprint density at radius 2 is 1.87 bits per heavy atom. The molecule has 2 aliphatic heterocycles. The normalized spacial score (nSPS) is 17.8. The van der Waals surface area contributed by atoms with E-state index in [0.29, 0.717) is 25.7 Å². The summed E-state index contributed by atoms with van der Waals surface area (Å²) in [6, 6.07) is 7.45. The first kappa shape index (κ1) is 26.1. The molecule has 2 aliphatic rings. The lowest BCUT2D eigenvalue weighted by Gasteiger charge is -2.45. The number of rotatable bonds is 5. The van der Waals surface area contributed by atoms with E-state index in [-0.39, 0.29) is 35.2 Å². The van der Waals surface area contributed by atoms with Crippen LogP contribution in [0.3, 0.4) is 0 Å². The Morgan fingerprint density at radius 3 is 2.61 bits per heavy atom. The van der Waals surface area contributed by atoms with Gasteiger partial charge in [-0.3, -0.25) is 4.31 Å². The van der Waals surface area contributed by atoms with Gasteiger partial charge in [0.25, 0.3) is 10.0 Å². The number of piperazine rings is 1. The second-order valence-corrected chi connectivity index (χ2v) is 10.6. The third kappa shape index (κ3) is 4.97. The summed E-state index contributed by atoms with van der Waals surface area (Å²) in [7, 11) is -4.50. The second kappa shape index (κ2) is 9.66. The SMILES string of the molecule is O=S(=O)(c1cccc(C(F)(F)F)c1)N1C[C@H]2CNCCN2c2ncc(-c3cc(F)cc(OC(F)F)c3)cc21. The summed E-state index contributed by atoms with van der Waals surface area (Å²) < 4.78 is 112. The number of ether oxygens (including phenoxy) is 1. The number of alkyl halides is 5. The number of hydrogen-bond donors (Lipinski definition) is 1. The fourth-order valence-corrected chi connectivity index (χ4v) is 6.13. The molecule has 1 saturated heterocycles. The number of sulfonamides is 1. The Hall–Kier alpha value is -3.52. The van der Waals surface area contributed by atoms with E-state index in [2.05, 4.69) is 15.0 Å². The van der Waals surface area contributed by atoms with E-state index in [1.807, 2.05) is 4.90 Å². The van der Waals surface area contributed by atoms with Gasteiger partial charge < -0.3 is 15.0 Å². The van der Waals surface area contributed by atoms with E-state index in [4.69, 9.17) is 0 Å². The quantitative estimate of drug-likeness (QED) is 0.466. The lowest BCUT2D eigenvalue weighted by molar-refractivity contribution is -0.137. The summed E-state index contributed by atoms with van der Waals surface area (Å²) in [5.41, 5.74) is -0.761. The topological polar surface area (TPSA) is 74.8 Å². The van der Waals surface area contributed by atoms with Crippen molar-refractivity contribution in [2.45, 2.75) is 23.7 Å². The Morgan fingerprint density at radius 1 is 1.08 bits per heavy atom. The average molecular weight is 559 g/mol. The van der Waals surface area contributed by atoms with Crippen LogP contribution in [-0.4, -0.2) is 52.2 Å². The van der Waals surface area contributed by atoms with Crippen molar-refractivity contribution < 1.29 is 39.5 Å². The van der Waals surface area contributed by atoms with Crippen LogP contribution >= 0.6 is 0 Å². The molecule has 5 rings (SSSR count). The molecule has 1 aromatic heterocycles. The third-order valence-electron chi connectivity index (χ3n) is 6.29. The summed E-state index contributed by atoms with van der Waals surface area (Å²) in [5.74, 6) is -1.03. The Kier molecular flexibility index (Phi) is 6.63. The predicted octanol–water partition coefficient (Wildman–Crippen LogP) is 4.50. The van der Waals surface area contributed by atoms with Crippen LogP contribution in [0.25, 0.3) is 11.1 Å². The fourth-order valence-electron chi connectivity index (χ4n) is 4.59. The van der Waals surface area contributed by atoms with Gasteiger partial charge in [0.15, 0.2) is 5.82 Å². The third-order valence-corrected chi connectivity index (χ3v) is 8.07. The summed E-state index contributed by atoms with van der Waals surface area (Å²) >= 11 is 0. The van der Waals surface area contributed by atoms with Gasteiger partial charge in [0.2, 0.25) is 0 Å². The molecule has 202 valence electrons. The van der Waals surface area contributed by atoms with Gasteiger partial charge in [0, 0.05) is 37.5 Å². The predicted molar refractivity (Wildman–Crippen MR) is 126 cm³/mol. The van der Waals surface area contributed by atoms with Crippen LogP contribution in [0.15, 0.2) is 59.6 Å².